The number of hydrogen-bond donors (Lipinski definition) is 0. The average Bonchev–Trinajstić information content (AvgIpc) is 0.961. The van der Waals surface area contributed by atoms with Gasteiger partial charge in [0.25, 0.3) is 6.33 Å². The first kappa shape index (κ1) is 21.8. The SMILES string of the molecule is [2H]c1c([2H])c([2H])c2c(c1[2H])-c1c([2H])c([2H])c([2H])c([2H])c1-c1cccc3c1[n+]([c-]n3-c1[c-]c(Oc3[c-]c4c(cc3)c3ccccc3n4-c3cc(C(C)(C)C)ccn3)ccc1)-c1c-2c([2H])c(C(C([2H])([2H])[2H])(C([2H])([2H])[2H])C([2H])([2H])[2H])c([2H])c1C(C([2H])([2H])[2H])(C([2H])([2H])[2H])C([2H])([2H])[2H].[Pt]. The van der Waals surface area contributed by atoms with Crippen LogP contribution < -0.4 is 9.30 Å². The molecule has 330 valence electrons. The normalized spacial score (nSPS) is 19.8. The number of rotatable bonds is 4. The van der Waals surface area contributed by atoms with Crippen LogP contribution in [0.4, 0.5) is 0 Å². The molecule has 0 radical (unpaired) electrons. The third kappa shape index (κ3) is 7.20. The Morgan fingerprint density at radius 1 is 0.621 bits per heavy atom. The van der Waals surface area contributed by atoms with Gasteiger partial charge in [0.1, 0.15) is 5.82 Å². The zero-order valence-corrected chi connectivity index (χ0v) is 37.4. The van der Waals surface area contributed by atoms with Crippen LogP contribution in [-0.4, -0.2) is 14.1 Å². The van der Waals surface area contributed by atoms with E-state index in [1.807, 2.05) is 47.0 Å². The second-order valence-electron chi connectivity index (χ2n) is 16.8. The van der Waals surface area contributed by atoms with Crippen molar-refractivity contribution in [2.24, 2.45) is 0 Å². The summed E-state index contributed by atoms with van der Waals surface area (Å²) in [5, 5.41) is 1.65. The van der Waals surface area contributed by atoms with Gasteiger partial charge in [-0.15, -0.1) is 29.7 Å². The number of aromatic nitrogens is 4. The van der Waals surface area contributed by atoms with Gasteiger partial charge in [0.2, 0.25) is 0 Å². The molecule has 0 N–H and O–H groups in total. The van der Waals surface area contributed by atoms with Crippen LogP contribution in [0.3, 0.4) is 0 Å². The van der Waals surface area contributed by atoms with Gasteiger partial charge in [-0.05, 0) is 95.6 Å². The Morgan fingerprint density at radius 3 is 2.02 bits per heavy atom. The van der Waals surface area contributed by atoms with Crippen molar-refractivity contribution in [2.45, 2.75) is 78.1 Å². The van der Waals surface area contributed by atoms with Gasteiger partial charge in [-0.3, -0.25) is 4.57 Å². The topological polar surface area (TPSA) is 35.9 Å². The number of para-hydroxylation sites is 2. The maximum Gasteiger partial charge on any atom is 0.268 e. The van der Waals surface area contributed by atoms with E-state index in [4.69, 9.17) is 27.5 Å². The molecule has 4 heterocycles. The molecule has 11 rings (SSSR count). The summed E-state index contributed by atoms with van der Waals surface area (Å²) in [4.78, 5) is 4.74. The Labute approximate surface area is 442 Å². The van der Waals surface area contributed by atoms with E-state index in [9.17, 15) is 20.6 Å². The minimum Gasteiger partial charge on any atom is -0.510 e. The molecule has 10 aromatic rings. The fourth-order valence-electron chi connectivity index (χ4n) is 8.40. The predicted octanol–water partition coefficient (Wildman–Crippen LogP) is 14.8. The van der Waals surface area contributed by atoms with E-state index < -0.39 is 163 Å². The van der Waals surface area contributed by atoms with Crippen molar-refractivity contribution in [3.8, 4) is 62.1 Å². The zero-order valence-electron chi connectivity index (χ0n) is 63.2. The monoisotopic (exact) mass is 1070 g/mol. The fraction of sp³-hybridized carbons (Fsp3) is 0.200. The first-order valence-electron chi connectivity index (χ1n) is 34.3. The second-order valence-corrected chi connectivity index (χ2v) is 16.8. The molecule has 0 bridgehead atoms. The molecule has 6 heteroatoms. The minimum absolute atomic E-state index is 0. The number of nitrogens with zero attached hydrogens (tertiary/aromatic N) is 4. The zero-order chi connectivity index (χ0) is 68.7. The van der Waals surface area contributed by atoms with Crippen molar-refractivity contribution in [2.75, 3.05) is 0 Å². The van der Waals surface area contributed by atoms with E-state index in [0.717, 1.165) is 26.4 Å². The molecular weight excluding hydrogens is 988 g/mol. The molecule has 0 aliphatic carbocycles. The maximum absolute atomic E-state index is 10.3. The molecule has 1 aliphatic rings. The summed E-state index contributed by atoms with van der Waals surface area (Å²) in [6, 6.07) is 17.1. The molecule has 7 aromatic carbocycles. The second kappa shape index (κ2) is 15.8. The summed E-state index contributed by atoms with van der Waals surface area (Å²) in [5.41, 5.74) is -18.7. The van der Waals surface area contributed by atoms with Gasteiger partial charge in [-0.1, -0.05) is 164 Å². The summed E-state index contributed by atoms with van der Waals surface area (Å²) >= 11 is 0. The Bertz CT molecular complexity index is 4740. The summed E-state index contributed by atoms with van der Waals surface area (Å²) in [7, 11) is 0. The third-order valence-corrected chi connectivity index (χ3v) is 11.4. The molecule has 0 fully saturated rings. The Balaban J connectivity index is 0.00000964. The summed E-state index contributed by atoms with van der Waals surface area (Å²) in [6.07, 6.45) is 4.62. The number of benzene rings is 7. The fourth-order valence-corrected chi connectivity index (χ4v) is 8.40. The van der Waals surface area contributed by atoms with Crippen molar-refractivity contribution in [1.82, 2.24) is 14.1 Å². The molecule has 0 saturated heterocycles. The number of hydrogen-bond acceptors (Lipinski definition) is 2. The smallest absolute Gasteiger partial charge is 0.268 e. The van der Waals surface area contributed by atoms with Gasteiger partial charge in [0, 0.05) is 69.0 Å². The van der Waals surface area contributed by atoms with Gasteiger partial charge in [-0.25, -0.2) is 4.98 Å². The standard InChI is InChI=1S/C60H52N4O.Pt/c1-58(2,3)38-30-31-61-55(34-38)64-52-26-15-14-24-47(52)48-29-28-42(36-54(48)64)65-41-19-16-18-40(35-41)62-37-63-56-50(32-39(59(4,5)6)33-51(56)60(7,8)9)46-23-13-11-21-44(46)43-20-10-12-22-45(43)49-25-17-27-53(62)57(49)63;/h10-34H,1-9H3;/q-2;/i4D3,5D3,6D3,7D3,8D3,9D3,10D,11D,12D,13D,20D,21D,22D,23D,32D,33D;. The summed E-state index contributed by atoms with van der Waals surface area (Å²) < 4.78 is 268. The van der Waals surface area contributed by atoms with Crippen molar-refractivity contribution >= 4 is 32.8 Å². The molecule has 5 nitrogen and oxygen atoms in total. The quantitative estimate of drug-likeness (QED) is 0.130. The summed E-state index contributed by atoms with van der Waals surface area (Å²) in [5.74, 6) is 0.673. The number of fused-ring (bicyclic) bond motifs is 10. The third-order valence-electron chi connectivity index (χ3n) is 11.4. The van der Waals surface area contributed by atoms with Crippen LogP contribution in [0.5, 0.6) is 11.5 Å². The van der Waals surface area contributed by atoms with Crippen molar-refractivity contribution in [1.29, 1.82) is 0 Å². The minimum atomic E-state index is -4.66. The van der Waals surface area contributed by atoms with E-state index in [2.05, 4.69) is 39.2 Å². The van der Waals surface area contributed by atoms with E-state index in [0.29, 0.717) is 15.9 Å². The van der Waals surface area contributed by atoms with Gasteiger partial charge >= 0.3 is 0 Å². The Morgan fingerprint density at radius 2 is 1.29 bits per heavy atom. The van der Waals surface area contributed by atoms with E-state index >= 15 is 0 Å². The average molecular weight is 1070 g/mol. The molecule has 0 unspecified atom stereocenters. The number of pyridine rings is 1. The molecule has 0 atom stereocenters. The molecular formula is C60H52N4OPt-2. The maximum atomic E-state index is 10.3. The van der Waals surface area contributed by atoms with Crippen LogP contribution in [0.25, 0.3) is 83.4 Å². The van der Waals surface area contributed by atoms with Crippen molar-refractivity contribution < 1.29 is 68.8 Å². The first-order valence-corrected chi connectivity index (χ1v) is 20.3. The van der Waals surface area contributed by atoms with Crippen LogP contribution in [0.2, 0.25) is 0 Å². The van der Waals surface area contributed by atoms with Crippen LogP contribution in [0.15, 0.2) is 152 Å². The Kier molecular flexibility index (Phi) is 5.23. The molecule has 3 aromatic heterocycles. The van der Waals surface area contributed by atoms with Crippen LogP contribution >= 0.6 is 0 Å². The predicted molar refractivity (Wildman–Crippen MR) is 266 cm³/mol. The van der Waals surface area contributed by atoms with Crippen LogP contribution in [0, 0.1) is 18.5 Å². The molecule has 0 saturated carbocycles. The summed E-state index contributed by atoms with van der Waals surface area (Å²) in [6.45, 7) is -20.9. The number of imidazole rings is 1. The molecule has 66 heavy (non-hydrogen) atoms. The van der Waals surface area contributed by atoms with E-state index in [-0.39, 0.29) is 54.7 Å². The van der Waals surface area contributed by atoms with Crippen molar-refractivity contribution in [3.05, 3.63) is 187 Å². The number of ether oxygens (including phenoxy) is 1. The van der Waals surface area contributed by atoms with Gasteiger partial charge in [0.15, 0.2) is 0 Å². The van der Waals surface area contributed by atoms with Crippen LogP contribution in [0.1, 0.15) is 117 Å². The van der Waals surface area contributed by atoms with Gasteiger partial charge in [-0.2, -0.15) is 18.2 Å². The van der Waals surface area contributed by atoms with Gasteiger partial charge < -0.3 is 13.9 Å². The van der Waals surface area contributed by atoms with E-state index in [1.165, 1.54) is 36.4 Å². The molecule has 0 spiro atoms. The van der Waals surface area contributed by atoms with Crippen molar-refractivity contribution in [3.63, 3.8) is 0 Å². The van der Waals surface area contributed by atoms with Gasteiger partial charge in [0.05, 0.1) is 30.4 Å². The molecule has 1 aliphatic heterocycles. The van der Waals surface area contributed by atoms with E-state index in [1.54, 1.807) is 12.3 Å². The first-order chi connectivity index (χ1) is 42.8. The Hall–Kier alpha value is -6.55. The molecule has 0 amide bonds. The van der Waals surface area contributed by atoms with Crippen LogP contribution in [-0.2, 0) is 37.3 Å². The largest absolute Gasteiger partial charge is 0.510 e.